The number of nitrogens with zero attached hydrogens (tertiary/aromatic N) is 1. The molecule has 1 heterocycles. The Kier molecular flexibility index (Phi) is 5.05. The first-order valence-electron chi connectivity index (χ1n) is 12.3. The van der Waals surface area contributed by atoms with Gasteiger partial charge in [-0.3, -0.25) is 4.79 Å². The summed E-state index contributed by atoms with van der Waals surface area (Å²) in [6.45, 7) is 0. The zero-order chi connectivity index (χ0) is 22.6. The number of carbonyl (C=O) groups excluding carboxylic acids is 1. The standard InChI is InChI=1S/C26H29N3O3S/c30-26-19-12-7-13-21-22(19)24(29-33(21,31)32)18-14-15-20(27-16-8-3-1-4-9-16)25(23(18)26)28-17-10-5-2-6-11-17/h7,12-17,27-28H,1-6,8-11H2. The van der Waals surface area contributed by atoms with Crippen molar-refractivity contribution < 1.29 is 13.2 Å². The number of ketones is 1. The maximum atomic E-state index is 13.8. The molecule has 0 spiro atoms. The van der Waals surface area contributed by atoms with Gasteiger partial charge in [0.15, 0.2) is 5.78 Å². The number of anilines is 2. The molecule has 0 amide bonds. The van der Waals surface area contributed by atoms with E-state index in [-0.39, 0.29) is 10.7 Å². The average molecular weight is 464 g/mol. The maximum absolute atomic E-state index is 13.8. The van der Waals surface area contributed by atoms with E-state index in [9.17, 15) is 13.2 Å². The van der Waals surface area contributed by atoms with Crippen LogP contribution in [0.3, 0.4) is 0 Å². The smallest absolute Gasteiger partial charge is 0.283 e. The quantitative estimate of drug-likeness (QED) is 0.551. The Hall–Kier alpha value is -2.67. The number of benzene rings is 2. The monoisotopic (exact) mass is 463 g/mol. The average Bonchev–Trinajstić information content (AvgIpc) is 3.11. The van der Waals surface area contributed by atoms with Gasteiger partial charge in [0.1, 0.15) is 0 Å². The fourth-order valence-corrected chi connectivity index (χ4v) is 7.18. The molecule has 2 saturated carbocycles. The summed E-state index contributed by atoms with van der Waals surface area (Å²) in [4.78, 5) is 14.0. The summed E-state index contributed by atoms with van der Waals surface area (Å²) >= 11 is 0. The molecule has 172 valence electrons. The summed E-state index contributed by atoms with van der Waals surface area (Å²) < 4.78 is 29.6. The van der Waals surface area contributed by atoms with Crippen molar-refractivity contribution in [2.45, 2.75) is 81.2 Å². The summed E-state index contributed by atoms with van der Waals surface area (Å²) in [5.74, 6) is -0.122. The van der Waals surface area contributed by atoms with Crippen LogP contribution in [0.5, 0.6) is 0 Å². The second kappa shape index (κ2) is 7.97. The molecule has 2 N–H and O–H groups in total. The first-order valence-corrected chi connectivity index (χ1v) is 13.7. The molecule has 0 radical (unpaired) electrons. The molecule has 6 rings (SSSR count). The van der Waals surface area contributed by atoms with Crippen molar-refractivity contribution >= 4 is 32.9 Å². The lowest BCUT2D eigenvalue weighted by Crippen LogP contribution is -2.29. The molecule has 6 nitrogen and oxygen atoms in total. The number of hydrogen-bond acceptors (Lipinski definition) is 5. The summed E-state index contributed by atoms with van der Waals surface area (Å²) in [6.07, 6.45) is 11.8. The molecule has 0 atom stereocenters. The molecule has 4 aliphatic rings. The highest BCUT2D eigenvalue weighted by Gasteiger charge is 2.40. The second-order valence-corrected chi connectivity index (χ2v) is 11.4. The molecular weight excluding hydrogens is 434 g/mol. The van der Waals surface area contributed by atoms with Crippen LogP contribution in [-0.2, 0) is 10.0 Å². The Balaban J connectivity index is 1.50. The van der Waals surface area contributed by atoms with E-state index in [1.807, 2.05) is 12.1 Å². The first-order chi connectivity index (χ1) is 16.0. The summed E-state index contributed by atoms with van der Waals surface area (Å²) in [6, 6.07) is 9.51. The summed E-state index contributed by atoms with van der Waals surface area (Å²) in [5.41, 5.74) is 4.24. The lowest BCUT2D eigenvalue weighted by Gasteiger charge is -2.31. The number of hydrogen-bond donors (Lipinski definition) is 2. The van der Waals surface area contributed by atoms with E-state index in [2.05, 4.69) is 15.0 Å². The number of nitrogens with one attached hydrogen (secondary N) is 2. The third kappa shape index (κ3) is 3.48. The Morgan fingerprint density at radius 3 is 2.12 bits per heavy atom. The van der Waals surface area contributed by atoms with Gasteiger partial charge in [0, 0.05) is 28.8 Å². The van der Waals surface area contributed by atoms with Crippen LogP contribution in [-0.4, -0.2) is 32.0 Å². The van der Waals surface area contributed by atoms with Crippen LogP contribution in [0.4, 0.5) is 11.4 Å². The van der Waals surface area contributed by atoms with Crippen LogP contribution in [0.2, 0.25) is 0 Å². The van der Waals surface area contributed by atoms with E-state index in [0.717, 1.165) is 37.1 Å². The first kappa shape index (κ1) is 20.9. The Morgan fingerprint density at radius 1 is 0.758 bits per heavy atom. The van der Waals surface area contributed by atoms with Gasteiger partial charge < -0.3 is 10.6 Å². The van der Waals surface area contributed by atoms with Gasteiger partial charge in [0.25, 0.3) is 10.0 Å². The van der Waals surface area contributed by atoms with E-state index >= 15 is 0 Å². The third-order valence-corrected chi connectivity index (χ3v) is 8.92. The fraction of sp³-hybridized carbons (Fsp3) is 0.462. The minimum atomic E-state index is -3.79. The molecule has 0 unspecified atom stereocenters. The van der Waals surface area contributed by atoms with Gasteiger partial charge >= 0.3 is 0 Å². The van der Waals surface area contributed by atoms with E-state index in [1.165, 1.54) is 38.5 Å². The van der Waals surface area contributed by atoms with Crippen LogP contribution < -0.4 is 10.6 Å². The van der Waals surface area contributed by atoms with Crippen molar-refractivity contribution in [3.8, 4) is 0 Å². The molecule has 7 heteroatoms. The van der Waals surface area contributed by atoms with E-state index < -0.39 is 10.0 Å². The van der Waals surface area contributed by atoms with E-state index in [4.69, 9.17) is 0 Å². The van der Waals surface area contributed by atoms with Gasteiger partial charge in [-0.05, 0) is 43.9 Å². The van der Waals surface area contributed by atoms with Crippen molar-refractivity contribution in [2.24, 2.45) is 4.40 Å². The SMILES string of the molecule is O=C1c2cccc3c2C(=NS3(=O)=O)c2ccc(NC3CCCCC3)c(NC3CCCCC3)c21. The number of carbonyl (C=O) groups is 1. The molecule has 0 aromatic heterocycles. The predicted octanol–water partition coefficient (Wildman–Crippen LogP) is 5.26. The van der Waals surface area contributed by atoms with Crippen molar-refractivity contribution in [3.63, 3.8) is 0 Å². The molecule has 2 fully saturated rings. The Morgan fingerprint density at radius 2 is 1.42 bits per heavy atom. The predicted molar refractivity (Wildman–Crippen MR) is 130 cm³/mol. The van der Waals surface area contributed by atoms with Gasteiger partial charge in [-0.2, -0.15) is 12.8 Å². The summed E-state index contributed by atoms with van der Waals surface area (Å²) in [5, 5.41) is 7.45. The van der Waals surface area contributed by atoms with Crippen molar-refractivity contribution in [2.75, 3.05) is 10.6 Å². The maximum Gasteiger partial charge on any atom is 0.283 e. The van der Waals surface area contributed by atoms with Crippen molar-refractivity contribution in [1.29, 1.82) is 0 Å². The van der Waals surface area contributed by atoms with Gasteiger partial charge in [-0.15, -0.1) is 0 Å². The topological polar surface area (TPSA) is 87.6 Å². The fourth-order valence-electron chi connectivity index (χ4n) is 5.94. The van der Waals surface area contributed by atoms with Crippen LogP contribution in [0.15, 0.2) is 39.6 Å². The molecule has 0 bridgehead atoms. The van der Waals surface area contributed by atoms with Gasteiger partial charge in [-0.1, -0.05) is 50.7 Å². The van der Waals surface area contributed by atoms with E-state index in [1.54, 1.807) is 18.2 Å². The molecule has 1 aliphatic heterocycles. The zero-order valence-corrected chi connectivity index (χ0v) is 19.5. The molecule has 2 aromatic rings. The number of rotatable bonds is 4. The minimum Gasteiger partial charge on any atom is -0.381 e. The molecular formula is C26H29N3O3S. The molecule has 2 aromatic carbocycles. The lowest BCUT2D eigenvalue weighted by molar-refractivity contribution is 0.103. The zero-order valence-electron chi connectivity index (χ0n) is 18.7. The third-order valence-electron chi connectivity index (χ3n) is 7.60. The van der Waals surface area contributed by atoms with Gasteiger partial charge in [0.2, 0.25) is 0 Å². The highest BCUT2D eigenvalue weighted by molar-refractivity contribution is 7.90. The van der Waals surface area contributed by atoms with E-state index in [0.29, 0.717) is 40.0 Å². The Labute approximate surface area is 194 Å². The Bertz CT molecular complexity index is 1270. The van der Waals surface area contributed by atoms with Crippen LogP contribution in [0, 0.1) is 0 Å². The van der Waals surface area contributed by atoms with Gasteiger partial charge in [-0.25, -0.2) is 0 Å². The van der Waals surface area contributed by atoms with Crippen molar-refractivity contribution in [1.82, 2.24) is 0 Å². The molecule has 3 aliphatic carbocycles. The molecule has 0 saturated heterocycles. The largest absolute Gasteiger partial charge is 0.381 e. The lowest BCUT2D eigenvalue weighted by atomic mass is 9.81. The van der Waals surface area contributed by atoms with Gasteiger partial charge in [0.05, 0.1) is 27.5 Å². The normalized spacial score (nSPS) is 21.8. The highest BCUT2D eigenvalue weighted by atomic mass is 32.2. The van der Waals surface area contributed by atoms with Crippen LogP contribution in [0.1, 0.15) is 91.3 Å². The van der Waals surface area contributed by atoms with Crippen LogP contribution >= 0.6 is 0 Å². The number of sulfonamides is 1. The highest BCUT2D eigenvalue weighted by Crippen LogP contribution is 2.43. The summed E-state index contributed by atoms with van der Waals surface area (Å²) in [7, 11) is -3.79. The number of fused-ring (bicyclic) bond motifs is 2. The molecule has 33 heavy (non-hydrogen) atoms. The van der Waals surface area contributed by atoms with Crippen molar-refractivity contribution in [3.05, 3.63) is 52.6 Å². The minimum absolute atomic E-state index is 0.122. The second-order valence-electron chi connectivity index (χ2n) is 9.79. The van der Waals surface area contributed by atoms with Crippen LogP contribution in [0.25, 0.3) is 0 Å².